The second-order valence-corrected chi connectivity index (χ2v) is 18.3. The minimum Gasteiger partial charge on any atom is -0.462 e. The highest BCUT2D eigenvalue weighted by atomic mass is 16.5. The number of allylic oxidation sites excluding steroid dienone is 3. The van der Waals surface area contributed by atoms with Crippen LogP contribution in [0.15, 0.2) is 23.3 Å². The second-order valence-electron chi connectivity index (χ2n) is 18.3. The molecule has 3 saturated carbocycles. The van der Waals surface area contributed by atoms with E-state index in [0.29, 0.717) is 24.2 Å². The van der Waals surface area contributed by atoms with E-state index < -0.39 is 0 Å². The Kier molecular flexibility index (Phi) is 17.3. The Morgan fingerprint density at radius 3 is 2.29 bits per heavy atom. The number of nitrogens with zero attached hydrogens (tertiary/aromatic N) is 1. The summed E-state index contributed by atoms with van der Waals surface area (Å²) < 4.78 is 6.16. The molecule has 1 N–H and O–H groups in total. The van der Waals surface area contributed by atoms with Crippen LogP contribution in [0.4, 0.5) is 0 Å². The molecule has 5 heteroatoms. The van der Waals surface area contributed by atoms with Crippen molar-refractivity contribution in [3.63, 3.8) is 0 Å². The molecule has 0 bridgehead atoms. The van der Waals surface area contributed by atoms with E-state index in [1.165, 1.54) is 64.2 Å². The highest BCUT2D eigenvalue weighted by Gasteiger charge is 2.59. The molecule has 0 saturated heterocycles. The average molecular weight is 710 g/mol. The van der Waals surface area contributed by atoms with Gasteiger partial charge in [0.2, 0.25) is 0 Å². The van der Waals surface area contributed by atoms with Gasteiger partial charge in [0.05, 0.1) is 0 Å². The van der Waals surface area contributed by atoms with Crippen molar-refractivity contribution in [2.45, 2.75) is 182 Å². The van der Waals surface area contributed by atoms with Crippen molar-refractivity contribution in [1.82, 2.24) is 4.90 Å². The number of aliphatic hydroxyl groups is 1. The monoisotopic (exact) mass is 710 g/mol. The van der Waals surface area contributed by atoms with E-state index >= 15 is 0 Å². The summed E-state index contributed by atoms with van der Waals surface area (Å²) in [6.45, 7) is 18.2. The van der Waals surface area contributed by atoms with Gasteiger partial charge in [0.1, 0.15) is 12.4 Å². The quantitative estimate of drug-likeness (QED) is 0.0495. The summed E-state index contributed by atoms with van der Waals surface area (Å²) >= 11 is 0. The van der Waals surface area contributed by atoms with Crippen molar-refractivity contribution in [1.29, 1.82) is 0 Å². The van der Waals surface area contributed by atoms with Crippen LogP contribution in [-0.4, -0.2) is 54.6 Å². The summed E-state index contributed by atoms with van der Waals surface area (Å²) in [7, 11) is 0. The second kappa shape index (κ2) is 20.8. The SMILES string of the molecule is C/C=C(\CCC(C)C1CCC2C3CC=C4CC(OC(=O)CCCCCN(CCCCO)CCCCCCC=O)CCC4(C)C3CCC12C)C(C)C. The van der Waals surface area contributed by atoms with Crippen LogP contribution in [0.5, 0.6) is 0 Å². The molecule has 0 aliphatic heterocycles. The Balaban J connectivity index is 1.20. The van der Waals surface area contributed by atoms with Crippen LogP contribution in [0.1, 0.15) is 176 Å². The topological polar surface area (TPSA) is 66.8 Å². The molecule has 0 aromatic rings. The fourth-order valence-electron chi connectivity index (χ4n) is 11.8. The number of rotatable bonds is 23. The molecular formula is C46H79NO4. The van der Waals surface area contributed by atoms with Crippen molar-refractivity contribution < 1.29 is 19.4 Å². The minimum atomic E-state index is 0.00232. The molecule has 0 amide bonds. The standard InChI is InChI=1S/C46H79NO4/c1-7-37(35(2)3)20-19-36(4)41-23-24-42-40-22-21-38-34-39(25-27-45(38,5)43(40)26-28-46(41,42)6)51-44(50)18-12-11-14-30-47(31-15-17-33-49)29-13-9-8-10-16-32-48/h7,21,32,35-36,39-43,49H,8-20,22-31,33-34H2,1-6H3/b37-7+. The molecule has 0 spiro atoms. The van der Waals surface area contributed by atoms with Gasteiger partial charge >= 0.3 is 5.97 Å². The molecule has 4 rings (SSSR count). The molecule has 292 valence electrons. The zero-order chi connectivity index (χ0) is 36.9. The fraction of sp³-hybridized carbons (Fsp3) is 0.870. The van der Waals surface area contributed by atoms with Crippen LogP contribution in [-0.2, 0) is 14.3 Å². The number of unbranched alkanes of at least 4 members (excludes halogenated alkanes) is 7. The third-order valence-corrected chi connectivity index (χ3v) is 14.9. The Labute approximate surface area is 314 Å². The summed E-state index contributed by atoms with van der Waals surface area (Å²) in [6, 6.07) is 0. The van der Waals surface area contributed by atoms with Crippen LogP contribution in [0, 0.1) is 46.3 Å². The van der Waals surface area contributed by atoms with E-state index in [0.717, 1.165) is 113 Å². The van der Waals surface area contributed by atoms with Crippen LogP contribution in [0.25, 0.3) is 0 Å². The van der Waals surface area contributed by atoms with Gasteiger partial charge in [0.15, 0.2) is 0 Å². The third-order valence-electron chi connectivity index (χ3n) is 14.9. The van der Waals surface area contributed by atoms with Gasteiger partial charge in [0.25, 0.3) is 0 Å². The normalized spacial score (nSPS) is 31.2. The summed E-state index contributed by atoms with van der Waals surface area (Å²) in [5, 5.41) is 9.22. The van der Waals surface area contributed by atoms with Crippen LogP contribution >= 0.6 is 0 Å². The van der Waals surface area contributed by atoms with Crippen LogP contribution in [0.2, 0.25) is 0 Å². The van der Waals surface area contributed by atoms with E-state index in [9.17, 15) is 14.7 Å². The molecule has 5 nitrogen and oxygen atoms in total. The van der Waals surface area contributed by atoms with E-state index in [1.807, 2.05) is 0 Å². The lowest BCUT2D eigenvalue weighted by atomic mass is 9.47. The van der Waals surface area contributed by atoms with Gasteiger partial charge in [-0.05, 0) is 169 Å². The molecule has 0 heterocycles. The molecule has 51 heavy (non-hydrogen) atoms. The molecule has 8 unspecified atom stereocenters. The van der Waals surface area contributed by atoms with Crippen molar-refractivity contribution in [2.75, 3.05) is 26.2 Å². The summed E-state index contributed by atoms with van der Waals surface area (Å²) in [5.74, 6) is 4.83. The molecule has 0 aromatic heterocycles. The molecule has 3 fully saturated rings. The maximum atomic E-state index is 13.0. The molecular weight excluding hydrogens is 631 g/mol. The molecule has 4 aliphatic carbocycles. The van der Waals surface area contributed by atoms with Crippen molar-refractivity contribution >= 4 is 12.3 Å². The maximum Gasteiger partial charge on any atom is 0.306 e. The highest BCUT2D eigenvalue weighted by molar-refractivity contribution is 5.69. The zero-order valence-corrected chi connectivity index (χ0v) is 34.1. The fourth-order valence-corrected chi connectivity index (χ4v) is 11.8. The smallest absolute Gasteiger partial charge is 0.306 e. The summed E-state index contributed by atoms with van der Waals surface area (Å²) in [4.78, 5) is 26.1. The lowest BCUT2D eigenvalue weighted by Crippen LogP contribution is -2.51. The van der Waals surface area contributed by atoms with Gasteiger partial charge in [-0.2, -0.15) is 0 Å². The average Bonchev–Trinajstić information content (AvgIpc) is 3.47. The van der Waals surface area contributed by atoms with Gasteiger partial charge in [-0.25, -0.2) is 0 Å². The number of aliphatic hydroxyl groups excluding tert-OH is 1. The first-order chi connectivity index (χ1) is 24.6. The van der Waals surface area contributed by atoms with E-state index in [2.05, 4.69) is 58.6 Å². The van der Waals surface area contributed by atoms with Crippen molar-refractivity contribution in [2.24, 2.45) is 46.3 Å². The first kappa shape index (κ1) is 42.3. The number of fused-ring (bicyclic) bond motifs is 5. The van der Waals surface area contributed by atoms with Gasteiger partial charge < -0.3 is 19.5 Å². The number of esters is 1. The first-order valence-corrected chi connectivity index (χ1v) is 21.9. The predicted octanol–water partition coefficient (Wildman–Crippen LogP) is 11.3. The van der Waals surface area contributed by atoms with Gasteiger partial charge in [-0.15, -0.1) is 0 Å². The largest absolute Gasteiger partial charge is 0.462 e. The lowest BCUT2D eigenvalue weighted by molar-refractivity contribution is -0.151. The predicted molar refractivity (Wildman–Crippen MR) is 212 cm³/mol. The number of aldehydes is 1. The van der Waals surface area contributed by atoms with E-state index in [-0.39, 0.29) is 24.1 Å². The molecule has 0 aromatic carbocycles. The number of ether oxygens (including phenoxy) is 1. The van der Waals surface area contributed by atoms with Gasteiger partial charge in [-0.3, -0.25) is 4.79 Å². The zero-order valence-electron chi connectivity index (χ0n) is 34.1. The number of carbonyl (C=O) groups excluding carboxylic acids is 2. The Hall–Kier alpha value is -1.46. The Morgan fingerprint density at radius 1 is 0.902 bits per heavy atom. The van der Waals surface area contributed by atoms with E-state index in [1.54, 1.807) is 11.1 Å². The van der Waals surface area contributed by atoms with Crippen LogP contribution in [0.3, 0.4) is 0 Å². The van der Waals surface area contributed by atoms with E-state index in [4.69, 9.17) is 4.74 Å². The van der Waals surface area contributed by atoms with Gasteiger partial charge in [0, 0.05) is 25.9 Å². The molecule has 0 radical (unpaired) electrons. The summed E-state index contributed by atoms with van der Waals surface area (Å²) in [5.41, 5.74) is 4.03. The third kappa shape index (κ3) is 11.3. The minimum absolute atomic E-state index is 0.00232. The maximum absolute atomic E-state index is 13.0. The molecule has 8 atom stereocenters. The number of hydrogen-bond acceptors (Lipinski definition) is 5. The number of carbonyl (C=O) groups is 2. The summed E-state index contributed by atoms with van der Waals surface area (Å²) in [6.07, 6.45) is 29.3. The van der Waals surface area contributed by atoms with Crippen molar-refractivity contribution in [3.8, 4) is 0 Å². The number of hydrogen-bond donors (Lipinski definition) is 1. The van der Waals surface area contributed by atoms with Crippen molar-refractivity contribution in [3.05, 3.63) is 23.3 Å². The van der Waals surface area contributed by atoms with Gasteiger partial charge in [-0.1, -0.05) is 77.2 Å². The molecule has 4 aliphatic rings. The first-order valence-electron chi connectivity index (χ1n) is 21.9. The lowest BCUT2D eigenvalue weighted by Gasteiger charge is -2.58. The van der Waals surface area contributed by atoms with Crippen LogP contribution < -0.4 is 0 Å². The highest BCUT2D eigenvalue weighted by Crippen LogP contribution is 2.67. The Morgan fingerprint density at radius 2 is 1.61 bits per heavy atom. The Bertz CT molecular complexity index is 1130.